The van der Waals surface area contributed by atoms with Crippen molar-refractivity contribution in [2.24, 2.45) is 5.92 Å². The van der Waals surface area contributed by atoms with Gasteiger partial charge >= 0.3 is 16.4 Å². The first kappa shape index (κ1) is 33.4. The van der Waals surface area contributed by atoms with E-state index in [2.05, 4.69) is 10.6 Å². The van der Waals surface area contributed by atoms with Gasteiger partial charge in [-0.15, -0.1) is 0 Å². The van der Waals surface area contributed by atoms with Gasteiger partial charge in [-0.05, 0) is 71.3 Å². The smallest absolute Gasteiger partial charge is 0.408 e. The highest BCUT2D eigenvalue weighted by molar-refractivity contribution is 7.85. The number of hydrogen-bond acceptors (Lipinski definition) is 8. The number of carbonyl (C=O) groups is 4. The predicted molar refractivity (Wildman–Crippen MR) is 162 cm³/mol. The van der Waals surface area contributed by atoms with Crippen molar-refractivity contribution in [1.82, 2.24) is 20.3 Å². The Morgan fingerprint density at radius 2 is 1.82 bits per heavy atom. The first-order valence-electron chi connectivity index (χ1n) is 15.3. The summed E-state index contributed by atoms with van der Waals surface area (Å²) in [5.41, 5.74) is -1.35. The van der Waals surface area contributed by atoms with Crippen LogP contribution in [0.15, 0.2) is 42.5 Å². The van der Waals surface area contributed by atoms with Crippen molar-refractivity contribution in [2.45, 2.75) is 102 Å². The maximum Gasteiger partial charge on any atom is 0.408 e. The third-order valence-electron chi connectivity index (χ3n) is 8.02. The Labute approximate surface area is 259 Å². The van der Waals surface area contributed by atoms with Crippen molar-refractivity contribution >= 4 is 34.1 Å². The van der Waals surface area contributed by atoms with Crippen molar-refractivity contribution in [3.63, 3.8) is 0 Å². The number of ether oxygens (including phenoxy) is 1. The van der Waals surface area contributed by atoms with Gasteiger partial charge in [0.2, 0.25) is 11.8 Å². The Morgan fingerprint density at radius 1 is 1.07 bits per heavy atom. The first-order chi connectivity index (χ1) is 20.8. The number of fused-ring (bicyclic) bond motifs is 2. The van der Waals surface area contributed by atoms with E-state index in [1.807, 2.05) is 47.2 Å². The Balaban J connectivity index is 1.47. The molecule has 0 unspecified atom stereocenters. The molecule has 0 spiro atoms. The zero-order chi connectivity index (χ0) is 32.0. The number of carbonyl (C=O) groups excluding carboxylic acids is 4. The molecule has 2 heterocycles. The van der Waals surface area contributed by atoms with Gasteiger partial charge in [0.25, 0.3) is 5.91 Å². The standard InChI is InChI=1S/C31H44N4O8S/c1-30(2,3)43-29(39)32-24-16-11-6-4-5-10-15-23-21-31(23,33-26(36)25-17-12-19-35(25)27(24)37)28(38)34-44(40,41)42-20-18-22-13-8-7-9-14-22/h7-10,13-15,23-25H,4-6,11-12,16-21H2,1-3H3,(H,32,39)(H,33,36)(H,34,38)/t23-,24+,25+,31-/m1/s1. The highest BCUT2D eigenvalue weighted by Crippen LogP contribution is 2.45. The highest BCUT2D eigenvalue weighted by Gasteiger charge is 2.61. The van der Waals surface area contributed by atoms with Crippen LogP contribution in [-0.2, 0) is 40.0 Å². The van der Waals surface area contributed by atoms with Crippen molar-refractivity contribution in [1.29, 1.82) is 0 Å². The van der Waals surface area contributed by atoms with Crippen molar-refractivity contribution in [3.05, 3.63) is 48.0 Å². The van der Waals surface area contributed by atoms with Gasteiger partial charge in [0.1, 0.15) is 23.2 Å². The summed E-state index contributed by atoms with van der Waals surface area (Å²) in [5.74, 6) is -2.23. The maximum atomic E-state index is 13.7. The Morgan fingerprint density at radius 3 is 2.55 bits per heavy atom. The third-order valence-corrected chi connectivity index (χ3v) is 8.93. The van der Waals surface area contributed by atoms with E-state index in [1.54, 1.807) is 20.8 Å². The molecule has 12 nitrogen and oxygen atoms in total. The van der Waals surface area contributed by atoms with Crippen LogP contribution in [0.1, 0.15) is 77.7 Å². The second kappa shape index (κ2) is 14.1. The van der Waals surface area contributed by atoms with Crippen molar-refractivity contribution < 1.29 is 36.5 Å². The minimum absolute atomic E-state index is 0.160. The molecule has 44 heavy (non-hydrogen) atoms. The molecule has 1 aliphatic carbocycles. The largest absolute Gasteiger partial charge is 0.444 e. The molecule has 1 aromatic rings. The van der Waals surface area contributed by atoms with Crippen LogP contribution in [0, 0.1) is 5.92 Å². The lowest BCUT2D eigenvalue weighted by atomic mass is 10.0. The number of amides is 4. The lowest BCUT2D eigenvalue weighted by Crippen LogP contribution is -2.58. The summed E-state index contributed by atoms with van der Waals surface area (Å²) in [5, 5.41) is 5.49. The summed E-state index contributed by atoms with van der Waals surface area (Å²) in [4.78, 5) is 54.8. The molecule has 3 N–H and O–H groups in total. The second-order valence-electron chi connectivity index (χ2n) is 12.7. The van der Waals surface area contributed by atoms with Gasteiger partial charge < -0.3 is 20.3 Å². The van der Waals surface area contributed by atoms with Crippen molar-refractivity contribution in [2.75, 3.05) is 13.2 Å². The number of rotatable bonds is 7. The molecule has 0 radical (unpaired) electrons. The van der Waals surface area contributed by atoms with E-state index in [1.165, 1.54) is 4.90 Å². The zero-order valence-corrected chi connectivity index (χ0v) is 26.5. The van der Waals surface area contributed by atoms with Gasteiger partial charge in [0.15, 0.2) is 0 Å². The molecular formula is C31H44N4O8S. The van der Waals surface area contributed by atoms with Crippen LogP contribution in [0.25, 0.3) is 0 Å². The molecular weight excluding hydrogens is 588 g/mol. The monoisotopic (exact) mass is 632 g/mol. The Kier molecular flexibility index (Phi) is 10.7. The van der Waals surface area contributed by atoms with Gasteiger partial charge in [0.05, 0.1) is 6.61 Å². The fourth-order valence-electron chi connectivity index (χ4n) is 5.69. The second-order valence-corrected chi connectivity index (χ2v) is 14.0. The first-order valence-corrected chi connectivity index (χ1v) is 16.7. The SMILES string of the molecule is CC(C)(C)OC(=O)N[C@H]1CCCCCC=C[C@@H]2C[C@@]2(C(=O)NS(=O)(=O)OCCc2ccccc2)NC(=O)[C@@H]2CCCN2C1=O. The van der Waals surface area contributed by atoms with Gasteiger partial charge in [-0.25, -0.2) is 9.52 Å². The predicted octanol–water partition coefficient (Wildman–Crippen LogP) is 2.89. The topological polar surface area (TPSA) is 160 Å². The molecule has 1 aromatic carbocycles. The molecule has 4 amide bonds. The van der Waals surface area contributed by atoms with Crippen LogP contribution in [0.2, 0.25) is 0 Å². The minimum Gasteiger partial charge on any atom is -0.444 e. The van der Waals surface area contributed by atoms with Crippen LogP contribution in [0.5, 0.6) is 0 Å². The molecule has 4 atom stereocenters. The van der Waals surface area contributed by atoms with E-state index >= 15 is 0 Å². The van der Waals surface area contributed by atoms with Crippen molar-refractivity contribution in [3.8, 4) is 0 Å². The van der Waals surface area contributed by atoms with Crippen LogP contribution in [0.4, 0.5) is 4.79 Å². The summed E-state index contributed by atoms with van der Waals surface area (Å²) >= 11 is 0. The van der Waals surface area contributed by atoms with Gasteiger partial charge in [-0.2, -0.15) is 8.42 Å². The van der Waals surface area contributed by atoms with E-state index in [-0.39, 0.29) is 18.9 Å². The van der Waals surface area contributed by atoms with Crippen LogP contribution in [-0.4, -0.2) is 73.5 Å². The van der Waals surface area contributed by atoms with Gasteiger partial charge in [0, 0.05) is 12.5 Å². The lowest BCUT2D eigenvalue weighted by molar-refractivity contribution is -0.141. The molecule has 0 aromatic heterocycles. The normalized spacial score (nSPS) is 26.3. The molecule has 1 saturated carbocycles. The number of allylic oxidation sites excluding steroid dienone is 1. The zero-order valence-electron chi connectivity index (χ0n) is 25.7. The summed E-state index contributed by atoms with van der Waals surface area (Å²) in [6.07, 6.45) is 7.95. The lowest BCUT2D eigenvalue weighted by Gasteiger charge is -2.30. The molecule has 4 rings (SSSR count). The van der Waals surface area contributed by atoms with Crippen LogP contribution < -0.4 is 15.4 Å². The number of benzene rings is 1. The number of hydrogen-bond donors (Lipinski definition) is 3. The average Bonchev–Trinajstić information content (AvgIpc) is 3.40. The van der Waals surface area contributed by atoms with E-state index in [4.69, 9.17) is 8.92 Å². The van der Waals surface area contributed by atoms with Gasteiger partial charge in [-0.1, -0.05) is 55.3 Å². The molecule has 0 bridgehead atoms. The maximum absolute atomic E-state index is 13.7. The average molecular weight is 633 g/mol. The van der Waals surface area contributed by atoms with E-state index in [0.29, 0.717) is 45.1 Å². The highest BCUT2D eigenvalue weighted by atomic mass is 32.2. The molecule has 3 aliphatic rings. The summed E-state index contributed by atoms with van der Waals surface area (Å²) < 4.78 is 37.7. The number of nitrogens with one attached hydrogen (secondary N) is 3. The van der Waals surface area contributed by atoms with E-state index in [0.717, 1.165) is 18.4 Å². The fourth-order valence-corrected chi connectivity index (χ4v) is 6.46. The Bertz CT molecular complexity index is 1340. The van der Waals surface area contributed by atoms with Crippen LogP contribution >= 0.6 is 0 Å². The quantitative estimate of drug-likeness (QED) is 0.387. The summed E-state index contributed by atoms with van der Waals surface area (Å²) in [7, 11) is -4.44. The Hall–Kier alpha value is -3.45. The van der Waals surface area contributed by atoms with E-state index < -0.39 is 57.4 Å². The molecule has 1 saturated heterocycles. The number of nitrogens with zero attached hydrogens (tertiary/aromatic N) is 1. The third kappa shape index (κ3) is 9.04. The van der Waals surface area contributed by atoms with E-state index in [9.17, 15) is 27.6 Å². The fraction of sp³-hybridized carbons (Fsp3) is 0.613. The summed E-state index contributed by atoms with van der Waals surface area (Å²) in [6, 6.07) is 7.46. The number of alkyl carbamates (subject to hydrolysis) is 1. The van der Waals surface area contributed by atoms with Crippen LogP contribution in [0.3, 0.4) is 0 Å². The molecule has 2 fully saturated rings. The molecule has 2 aliphatic heterocycles. The summed E-state index contributed by atoms with van der Waals surface area (Å²) in [6.45, 7) is 5.36. The molecule has 13 heteroatoms. The molecule has 242 valence electrons. The minimum atomic E-state index is -4.44. The van der Waals surface area contributed by atoms with Gasteiger partial charge in [-0.3, -0.25) is 18.6 Å².